The summed E-state index contributed by atoms with van der Waals surface area (Å²) in [5.41, 5.74) is -1.16. The third kappa shape index (κ3) is 2.59. The van der Waals surface area contributed by atoms with E-state index in [1.807, 2.05) is 24.3 Å². The fraction of sp³-hybridized carbons (Fsp3) is 0.500. The highest BCUT2D eigenvalue weighted by Gasteiger charge is 2.66. The lowest BCUT2D eigenvalue weighted by molar-refractivity contribution is -0.137. The summed E-state index contributed by atoms with van der Waals surface area (Å²) in [6.07, 6.45) is 4.10. The molecule has 2 bridgehead atoms. The number of rotatable bonds is 6. The SMILES string of the molecule is C=CC[C@]12C=C(OC)[C@](C)(O)[C@H](C1=O)C(c1ccc(OC)c(OC)c1)[C@@H]2C. The van der Waals surface area contributed by atoms with E-state index >= 15 is 0 Å². The van der Waals surface area contributed by atoms with Gasteiger partial charge < -0.3 is 19.3 Å². The third-order valence-electron chi connectivity index (χ3n) is 6.44. The lowest BCUT2D eigenvalue weighted by Crippen LogP contribution is -2.48. The van der Waals surface area contributed by atoms with E-state index < -0.39 is 16.9 Å². The van der Waals surface area contributed by atoms with E-state index in [2.05, 4.69) is 13.5 Å². The molecule has 5 heteroatoms. The number of ketones is 1. The topological polar surface area (TPSA) is 65.0 Å². The van der Waals surface area contributed by atoms with Gasteiger partial charge in [0, 0.05) is 5.92 Å². The first-order valence-electron chi connectivity index (χ1n) is 9.15. The van der Waals surface area contributed by atoms with Crippen LogP contribution in [0.4, 0.5) is 0 Å². The fourth-order valence-corrected chi connectivity index (χ4v) is 5.02. The predicted octanol–water partition coefficient (Wildman–Crippen LogP) is 3.48. The molecule has 1 saturated carbocycles. The zero-order valence-corrected chi connectivity index (χ0v) is 16.6. The molecule has 2 aliphatic carbocycles. The zero-order chi connectivity index (χ0) is 20.0. The number of Topliss-reactive ketones (excluding diaryl/α,β-unsaturated/α-hetero) is 1. The van der Waals surface area contributed by atoms with E-state index in [0.29, 0.717) is 23.7 Å². The van der Waals surface area contributed by atoms with Crippen LogP contribution in [0.15, 0.2) is 42.7 Å². The maximum atomic E-state index is 13.5. The van der Waals surface area contributed by atoms with E-state index in [1.54, 1.807) is 27.2 Å². The van der Waals surface area contributed by atoms with E-state index in [9.17, 15) is 9.90 Å². The maximum Gasteiger partial charge on any atom is 0.160 e. The summed E-state index contributed by atoms with van der Waals surface area (Å²) in [5, 5.41) is 11.3. The second-order valence-corrected chi connectivity index (χ2v) is 7.66. The highest BCUT2D eigenvalue weighted by Crippen LogP contribution is 2.62. The maximum absolute atomic E-state index is 13.5. The van der Waals surface area contributed by atoms with Gasteiger partial charge in [0.1, 0.15) is 11.4 Å². The van der Waals surface area contributed by atoms with Crippen LogP contribution in [0.2, 0.25) is 0 Å². The van der Waals surface area contributed by atoms with Crippen LogP contribution >= 0.6 is 0 Å². The fourth-order valence-electron chi connectivity index (χ4n) is 5.02. The monoisotopic (exact) mass is 372 g/mol. The lowest BCUT2D eigenvalue weighted by atomic mass is 9.69. The second kappa shape index (κ2) is 6.71. The van der Waals surface area contributed by atoms with Crippen LogP contribution in [0.3, 0.4) is 0 Å². The highest BCUT2D eigenvalue weighted by atomic mass is 16.5. The quantitative estimate of drug-likeness (QED) is 0.775. The summed E-state index contributed by atoms with van der Waals surface area (Å²) in [4.78, 5) is 13.5. The van der Waals surface area contributed by atoms with Crippen molar-refractivity contribution in [1.29, 1.82) is 0 Å². The van der Waals surface area contributed by atoms with Gasteiger partial charge in [-0.3, -0.25) is 4.79 Å². The van der Waals surface area contributed by atoms with Crippen LogP contribution in [-0.2, 0) is 9.53 Å². The van der Waals surface area contributed by atoms with Crippen molar-refractivity contribution in [3.05, 3.63) is 48.3 Å². The van der Waals surface area contributed by atoms with Crippen LogP contribution in [0.25, 0.3) is 0 Å². The van der Waals surface area contributed by atoms with Gasteiger partial charge in [-0.2, -0.15) is 0 Å². The van der Waals surface area contributed by atoms with Crippen molar-refractivity contribution in [2.24, 2.45) is 17.3 Å². The normalized spacial score (nSPS) is 34.8. The first-order valence-corrected chi connectivity index (χ1v) is 9.15. The van der Waals surface area contributed by atoms with E-state index in [0.717, 1.165) is 5.56 Å². The van der Waals surface area contributed by atoms with Crippen molar-refractivity contribution in [2.75, 3.05) is 21.3 Å². The van der Waals surface area contributed by atoms with E-state index in [4.69, 9.17) is 14.2 Å². The number of carbonyl (C=O) groups excluding carboxylic acids is 1. The van der Waals surface area contributed by atoms with E-state index in [1.165, 1.54) is 7.11 Å². The highest BCUT2D eigenvalue weighted by molar-refractivity contribution is 5.96. The number of allylic oxidation sites excluding steroid dienone is 2. The molecule has 1 N–H and O–H groups in total. The summed E-state index contributed by atoms with van der Waals surface area (Å²) in [7, 11) is 4.71. The van der Waals surface area contributed by atoms with Crippen LogP contribution in [0.5, 0.6) is 11.5 Å². The van der Waals surface area contributed by atoms with Crippen LogP contribution in [0, 0.1) is 17.3 Å². The number of methoxy groups -OCH3 is 3. The Morgan fingerprint density at radius 3 is 2.41 bits per heavy atom. The van der Waals surface area contributed by atoms with E-state index in [-0.39, 0.29) is 17.6 Å². The van der Waals surface area contributed by atoms with Crippen molar-refractivity contribution in [2.45, 2.75) is 31.8 Å². The lowest BCUT2D eigenvalue weighted by Gasteiger charge is -2.39. The van der Waals surface area contributed by atoms with Gasteiger partial charge in [0.25, 0.3) is 0 Å². The molecule has 1 aromatic rings. The molecule has 3 rings (SSSR count). The molecule has 0 saturated heterocycles. The largest absolute Gasteiger partial charge is 0.498 e. The van der Waals surface area contributed by atoms with Crippen molar-refractivity contribution < 1.29 is 24.1 Å². The Labute approximate surface area is 160 Å². The molecule has 1 aromatic carbocycles. The minimum atomic E-state index is -1.38. The molecular formula is C22H28O5. The molecule has 5 nitrogen and oxygen atoms in total. The van der Waals surface area contributed by atoms with Gasteiger partial charge in [0.15, 0.2) is 17.3 Å². The van der Waals surface area contributed by atoms with Gasteiger partial charge in [-0.1, -0.05) is 19.1 Å². The summed E-state index contributed by atoms with van der Waals surface area (Å²) < 4.78 is 16.3. The van der Waals surface area contributed by atoms with Crippen molar-refractivity contribution in [3.63, 3.8) is 0 Å². The smallest absolute Gasteiger partial charge is 0.160 e. The second-order valence-electron chi connectivity index (χ2n) is 7.66. The molecule has 0 heterocycles. The minimum absolute atomic E-state index is 0.0368. The van der Waals surface area contributed by atoms with Crippen molar-refractivity contribution in [1.82, 2.24) is 0 Å². The van der Waals surface area contributed by atoms with Gasteiger partial charge in [0.2, 0.25) is 0 Å². The van der Waals surface area contributed by atoms with Crippen molar-refractivity contribution >= 4 is 5.78 Å². The molecule has 1 unspecified atom stereocenters. The van der Waals surface area contributed by atoms with Crippen LogP contribution in [0.1, 0.15) is 31.7 Å². The van der Waals surface area contributed by atoms with Crippen LogP contribution in [-0.4, -0.2) is 37.8 Å². The Morgan fingerprint density at radius 2 is 1.85 bits per heavy atom. The Hall–Kier alpha value is -2.27. The number of fused-ring (bicyclic) bond motifs is 2. The van der Waals surface area contributed by atoms with Gasteiger partial charge >= 0.3 is 0 Å². The average molecular weight is 372 g/mol. The molecule has 5 atom stereocenters. The summed E-state index contributed by atoms with van der Waals surface area (Å²) in [6.45, 7) is 7.57. The van der Waals surface area contributed by atoms with Gasteiger partial charge in [-0.15, -0.1) is 6.58 Å². The third-order valence-corrected chi connectivity index (χ3v) is 6.44. The molecule has 0 amide bonds. The Balaban J connectivity index is 2.19. The average Bonchev–Trinajstić information content (AvgIpc) is 2.83. The minimum Gasteiger partial charge on any atom is -0.498 e. The molecule has 0 aliphatic heterocycles. The Morgan fingerprint density at radius 1 is 1.19 bits per heavy atom. The first kappa shape index (κ1) is 19.5. The number of aliphatic hydroxyl groups is 1. The number of hydrogen-bond acceptors (Lipinski definition) is 5. The van der Waals surface area contributed by atoms with Crippen molar-refractivity contribution in [3.8, 4) is 11.5 Å². The summed E-state index contributed by atoms with van der Waals surface area (Å²) >= 11 is 0. The Kier molecular flexibility index (Phi) is 4.85. The molecule has 27 heavy (non-hydrogen) atoms. The number of hydrogen-bond donors (Lipinski definition) is 1. The summed E-state index contributed by atoms with van der Waals surface area (Å²) in [5.74, 6) is 0.897. The molecule has 146 valence electrons. The first-order chi connectivity index (χ1) is 12.8. The van der Waals surface area contributed by atoms with Gasteiger partial charge in [-0.25, -0.2) is 0 Å². The molecule has 0 spiro atoms. The molecule has 2 aliphatic rings. The van der Waals surface area contributed by atoms with Gasteiger partial charge in [-0.05, 0) is 43.0 Å². The number of benzene rings is 1. The number of ether oxygens (including phenoxy) is 3. The predicted molar refractivity (Wildman–Crippen MR) is 103 cm³/mol. The molecular weight excluding hydrogens is 344 g/mol. The standard InChI is InChI=1S/C22H28O5/c1-7-10-22-12-17(27-6)21(3,24)19(20(22)23)18(13(22)2)14-8-9-15(25-4)16(11-14)26-5/h7-9,11-13,18-19,24H,1,10H2,2-6H3/t13-,18?,19-,21-,22+/m0/s1. The number of carbonyl (C=O) groups is 1. The molecule has 0 radical (unpaired) electrons. The van der Waals surface area contributed by atoms with Gasteiger partial charge in [0.05, 0.1) is 32.7 Å². The Bertz CT molecular complexity index is 794. The summed E-state index contributed by atoms with van der Waals surface area (Å²) in [6, 6.07) is 5.69. The van der Waals surface area contributed by atoms with Crippen LogP contribution < -0.4 is 9.47 Å². The molecule has 0 aromatic heterocycles. The molecule has 1 fully saturated rings. The zero-order valence-electron chi connectivity index (χ0n) is 16.6.